The summed E-state index contributed by atoms with van der Waals surface area (Å²) in [5.41, 5.74) is 0. The maximum absolute atomic E-state index is 12.4. The van der Waals surface area contributed by atoms with E-state index in [4.69, 9.17) is 4.74 Å². The van der Waals surface area contributed by atoms with Crippen molar-refractivity contribution in [2.24, 2.45) is 11.8 Å². The van der Waals surface area contributed by atoms with E-state index < -0.39 is 0 Å². The van der Waals surface area contributed by atoms with Crippen molar-refractivity contribution in [1.82, 2.24) is 4.90 Å². The van der Waals surface area contributed by atoms with Gasteiger partial charge in [0.15, 0.2) is 0 Å². The minimum Gasteiger partial charge on any atom is -0.464 e. The lowest BCUT2D eigenvalue weighted by atomic mass is 9.85. The van der Waals surface area contributed by atoms with E-state index in [2.05, 4.69) is 26.0 Å². The number of hydrogen-bond acceptors (Lipinski definition) is 4. The molecule has 0 saturated carbocycles. The minimum absolute atomic E-state index is 0.0958. The average Bonchev–Trinajstić information content (AvgIpc) is 2.95. The molecule has 0 bridgehead atoms. The molecule has 1 aliphatic carbocycles. The van der Waals surface area contributed by atoms with Gasteiger partial charge < -0.3 is 9.64 Å². The summed E-state index contributed by atoms with van der Waals surface area (Å²) in [4.78, 5) is 26.0. The van der Waals surface area contributed by atoms with Crippen LogP contribution < -0.4 is 0 Å². The topological polar surface area (TPSA) is 46.6 Å². The Balaban J connectivity index is 1.59. The van der Waals surface area contributed by atoms with E-state index in [9.17, 15) is 9.59 Å². The second kappa shape index (κ2) is 5.67. The molecule has 21 heavy (non-hydrogen) atoms. The molecule has 0 aromatic carbocycles. The smallest absolute Gasteiger partial charge is 0.329 e. The molecule has 3 rings (SSSR count). The van der Waals surface area contributed by atoms with Crippen molar-refractivity contribution < 1.29 is 14.3 Å². The standard InChI is InChI=1S/C16H23NO3S/c1-11-5-3-4-6-12(11)9-20-15(19)13-10-21-16(2)8-7-14(18)17(13)16/h3-4,11-13H,5-10H2,1-2H3/t11-,12-,13+,16+/m1/s1. The molecule has 0 aromatic rings. The van der Waals surface area contributed by atoms with Crippen LogP contribution in [0.25, 0.3) is 0 Å². The highest BCUT2D eigenvalue weighted by molar-refractivity contribution is 8.01. The fourth-order valence-electron chi connectivity index (χ4n) is 3.52. The second-order valence-corrected chi connectivity index (χ2v) is 8.08. The highest BCUT2D eigenvalue weighted by Crippen LogP contribution is 2.47. The summed E-state index contributed by atoms with van der Waals surface area (Å²) in [7, 11) is 0. The maximum atomic E-state index is 12.4. The first-order chi connectivity index (χ1) is 10.0. The molecule has 4 atom stereocenters. The van der Waals surface area contributed by atoms with Crippen molar-refractivity contribution in [3.63, 3.8) is 0 Å². The van der Waals surface area contributed by atoms with E-state index in [-0.39, 0.29) is 22.8 Å². The highest BCUT2D eigenvalue weighted by atomic mass is 32.2. The normalized spacial score (nSPS) is 38.7. The summed E-state index contributed by atoms with van der Waals surface area (Å²) in [5.74, 6) is 1.51. The molecule has 4 nitrogen and oxygen atoms in total. The van der Waals surface area contributed by atoms with E-state index in [1.54, 1.807) is 16.7 Å². The van der Waals surface area contributed by atoms with Gasteiger partial charge in [-0.05, 0) is 38.0 Å². The van der Waals surface area contributed by atoms with Gasteiger partial charge in [0.25, 0.3) is 0 Å². The van der Waals surface area contributed by atoms with Crippen LogP contribution >= 0.6 is 11.8 Å². The number of carbonyl (C=O) groups is 2. The lowest BCUT2D eigenvalue weighted by Gasteiger charge is -2.30. The Kier molecular flexibility index (Phi) is 4.04. The third kappa shape index (κ3) is 2.72. The Labute approximate surface area is 130 Å². The molecule has 1 amide bonds. The number of allylic oxidation sites excluding steroid dienone is 2. The fraction of sp³-hybridized carbons (Fsp3) is 0.750. The van der Waals surface area contributed by atoms with Crippen molar-refractivity contribution in [1.29, 1.82) is 0 Å². The van der Waals surface area contributed by atoms with Crippen LogP contribution in [0.2, 0.25) is 0 Å². The number of rotatable bonds is 3. The van der Waals surface area contributed by atoms with Crippen LogP contribution in [0.3, 0.4) is 0 Å². The van der Waals surface area contributed by atoms with Gasteiger partial charge in [-0.2, -0.15) is 0 Å². The van der Waals surface area contributed by atoms with E-state index in [1.165, 1.54) is 0 Å². The molecule has 3 aliphatic rings. The number of carbonyl (C=O) groups excluding carboxylic acids is 2. The van der Waals surface area contributed by atoms with Crippen molar-refractivity contribution in [2.45, 2.75) is 50.4 Å². The van der Waals surface area contributed by atoms with Gasteiger partial charge in [-0.25, -0.2) is 4.79 Å². The van der Waals surface area contributed by atoms with Crippen LogP contribution in [0.1, 0.15) is 39.5 Å². The van der Waals surface area contributed by atoms with Crippen LogP contribution in [-0.2, 0) is 14.3 Å². The summed E-state index contributed by atoms with van der Waals surface area (Å²) in [6, 6.07) is -0.385. The highest BCUT2D eigenvalue weighted by Gasteiger charge is 2.53. The molecule has 2 fully saturated rings. The third-order valence-electron chi connectivity index (χ3n) is 5.07. The van der Waals surface area contributed by atoms with Gasteiger partial charge >= 0.3 is 5.97 Å². The van der Waals surface area contributed by atoms with Gasteiger partial charge in [0.05, 0.1) is 11.5 Å². The zero-order valence-electron chi connectivity index (χ0n) is 12.7. The van der Waals surface area contributed by atoms with Crippen molar-refractivity contribution >= 4 is 23.6 Å². The Hall–Kier alpha value is -0.970. The minimum atomic E-state index is -0.385. The first-order valence-electron chi connectivity index (χ1n) is 7.79. The number of ether oxygens (including phenoxy) is 1. The van der Waals surface area contributed by atoms with Crippen LogP contribution in [0.5, 0.6) is 0 Å². The molecule has 0 spiro atoms. The molecule has 2 heterocycles. The van der Waals surface area contributed by atoms with Crippen molar-refractivity contribution in [3.8, 4) is 0 Å². The van der Waals surface area contributed by atoms with Crippen LogP contribution in [-0.4, -0.2) is 40.0 Å². The lowest BCUT2D eigenvalue weighted by Crippen LogP contribution is -2.47. The van der Waals surface area contributed by atoms with Crippen molar-refractivity contribution in [2.75, 3.05) is 12.4 Å². The summed E-state index contributed by atoms with van der Waals surface area (Å²) in [6.45, 7) is 4.74. The number of nitrogens with zero attached hydrogens (tertiary/aromatic N) is 1. The molecule has 2 aliphatic heterocycles. The number of esters is 1. The van der Waals surface area contributed by atoms with E-state index in [0.29, 0.717) is 30.6 Å². The zero-order chi connectivity index (χ0) is 15.0. The molecule has 0 radical (unpaired) electrons. The lowest BCUT2D eigenvalue weighted by molar-refractivity contribution is -0.155. The monoisotopic (exact) mass is 309 g/mol. The van der Waals surface area contributed by atoms with Crippen molar-refractivity contribution in [3.05, 3.63) is 12.2 Å². The average molecular weight is 309 g/mol. The Bertz CT molecular complexity index is 478. The quantitative estimate of drug-likeness (QED) is 0.594. The summed E-state index contributed by atoms with van der Waals surface area (Å²) >= 11 is 1.71. The Morgan fingerprint density at radius 1 is 1.48 bits per heavy atom. The third-order valence-corrected chi connectivity index (χ3v) is 6.58. The zero-order valence-corrected chi connectivity index (χ0v) is 13.5. The SMILES string of the molecule is C[C@@H]1CC=CC[C@@H]1COC(=O)[C@@H]1CS[C@@]2(C)CCC(=O)N12. The first-order valence-corrected chi connectivity index (χ1v) is 8.77. The van der Waals surface area contributed by atoms with Gasteiger partial charge in [0, 0.05) is 12.2 Å². The molecular weight excluding hydrogens is 286 g/mol. The van der Waals surface area contributed by atoms with Gasteiger partial charge in [0.2, 0.25) is 5.91 Å². The van der Waals surface area contributed by atoms with E-state index in [0.717, 1.165) is 19.3 Å². The predicted octanol–water partition coefficient (Wildman–Crippen LogP) is 2.59. The number of amides is 1. The second-order valence-electron chi connectivity index (χ2n) is 6.58. The number of hydrogen-bond donors (Lipinski definition) is 0. The predicted molar refractivity (Wildman–Crippen MR) is 82.7 cm³/mol. The molecule has 116 valence electrons. The van der Waals surface area contributed by atoms with Gasteiger partial charge in [-0.1, -0.05) is 19.1 Å². The van der Waals surface area contributed by atoms with Crippen LogP contribution in [0.15, 0.2) is 12.2 Å². The van der Waals surface area contributed by atoms with Gasteiger partial charge in [-0.15, -0.1) is 11.8 Å². The molecule has 5 heteroatoms. The summed E-state index contributed by atoms with van der Waals surface area (Å²) < 4.78 is 5.56. The number of thioether (sulfide) groups is 1. The number of fused-ring (bicyclic) bond motifs is 1. The van der Waals surface area contributed by atoms with Gasteiger partial charge in [-0.3, -0.25) is 4.79 Å². The molecular formula is C16H23NO3S. The van der Waals surface area contributed by atoms with Crippen LogP contribution in [0.4, 0.5) is 0 Å². The molecule has 0 N–H and O–H groups in total. The molecule has 0 unspecified atom stereocenters. The largest absolute Gasteiger partial charge is 0.464 e. The molecule has 2 saturated heterocycles. The summed E-state index contributed by atoms with van der Waals surface area (Å²) in [6.07, 6.45) is 7.80. The fourth-order valence-corrected chi connectivity index (χ4v) is 4.94. The summed E-state index contributed by atoms with van der Waals surface area (Å²) in [5, 5.41) is 0. The van der Waals surface area contributed by atoms with E-state index >= 15 is 0 Å². The Morgan fingerprint density at radius 2 is 2.24 bits per heavy atom. The van der Waals surface area contributed by atoms with E-state index in [1.807, 2.05) is 0 Å². The first kappa shape index (κ1) is 14.9. The maximum Gasteiger partial charge on any atom is 0.329 e. The van der Waals surface area contributed by atoms with Crippen LogP contribution in [0, 0.1) is 11.8 Å². The Morgan fingerprint density at radius 3 is 3.00 bits per heavy atom. The van der Waals surface area contributed by atoms with Gasteiger partial charge in [0.1, 0.15) is 6.04 Å². The molecule has 0 aromatic heterocycles.